The Hall–Kier alpha value is -4.53. The van der Waals surface area contributed by atoms with Crippen molar-refractivity contribution in [2.75, 3.05) is 36.4 Å². The summed E-state index contributed by atoms with van der Waals surface area (Å²) < 4.78 is 15.9. The molecule has 180 valence electrons. The maximum atomic E-state index is 13.3. The lowest BCUT2D eigenvalue weighted by molar-refractivity contribution is -0.127. The molecule has 3 aromatic rings. The van der Waals surface area contributed by atoms with Gasteiger partial charge in [-0.25, -0.2) is 0 Å². The zero-order chi connectivity index (χ0) is 24.8. The van der Waals surface area contributed by atoms with Crippen molar-refractivity contribution in [1.29, 1.82) is 0 Å². The van der Waals surface area contributed by atoms with E-state index < -0.39 is 23.8 Å². The number of carbonyl (C=O) groups excluding carboxylic acids is 3. The first-order valence-corrected chi connectivity index (χ1v) is 10.9. The van der Waals surface area contributed by atoms with Gasteiger partial charge in [0.15, 0.2) is 6.61 Å². The van der Waals surface area contributed by atoms with Crippen molar-refractivity contribution in [2.24, 2.45) is 0 Å². The van der Waals surface area contributed by atoms with Crippen LogP contribution in [0.25, 0.3) is 0 Å². The number of rotatable bonds is 8. The normalized spacial score (nSPS) is 14.4. The highest BCUT2D eigenvalue weighted by atomic mass is 16.5. The summed E-state index contributed by atoms with van der Waals surface area (Å²) in [7, 11) is 3.11. The second-order valence-corrected chi connectivity index (χ2v) is 7.73. The van der Waals surface area contributed by atoms with Crippen LogP contribution >= 0.6 is 0 Å². The molecule has 0 bridgehead atoms. The van der Waals surface area contributed by atoms with Gasteiger partial charge in [-0.05, 0) is 60.7 Å². The average Bonchev–Trinajstić information content (AvgIpc) is 2.88. The number of amides is 3. The Bertz CT molecular complexity index is 1210. The SMILES string of the molecule is COc1ccc(NC(=O)C[C@@H]2C(=O)Nc3ccccc3N2C(=O)COc2ccc(OC)cc2)cc1. The van der Waals surface area contributed by atoms with Crippen LogP contribution in [0.4, 0.5) is 17.1 Å². The number of ether oxygens (including phenoxy) is 3. The van der Waals surface area contributed by atoms with Crippen LogP contribution in [-0.4, -0.2) is 44.6 Å². The van der Waals surface area contributed by atoms with Crippen LogP contribution in [0.3, 0.4) is 0 Å². The molecule has 0 saturated heterocycles. The Kier molecular flexibility index (Phi) is 7.15. The van der Waals surface area contributed by atoms with Crippen LogP contribution < -0.4 is 29.7 Å². The van der Waals surface area contributed by atoms with E-state index in [0.717, 1.165) is 0 Å². The monoisotopic (exact) mass is 475 g/mol. The summed E-state index contributed by atoms with van der Waals surface area (Å²) in [6.45, 7) is -0.315. The maximum Gasteiger partial charge on any atom is 0.265 e. The van der Waals surface area contributed by atoms with E-state index in [0.29, 0.717) is 34.3 Å². The summed E-state index contributed by atoms with van der Waals surface area (Å²) in [4.78, 5) is 40.3. The zero-order valence-corrected chi connectivity index (χ0v) is 19.3. The van der Waals surface area contributed by atoms with Gasteiger partial charge in [0.1, 0.15) is 23.3 Å². The third kappa shape index (κ3) is 5.52. The minimum absolute atomic E-state index is 0.236. The Morgan fingerprint density at radius 2 is 1.49 bits per heavy atom. The molecule has 3 amide bonds. The van der Waals surface area contributed by atoms with Gasteiger partial charge in [0.2, 0.25) is 11.8 Å². The number of hydrogen-bond donors (Lipinski definition) is 2. The second kappa shape index (κ2) is 10.6. The van der Waals surface area contributed by atoms with Gasteiger partial charge in [-0.2, -0.15) is 0 Å². The number of hydrogen-bond acceptors (Lipinski definition) is 6. The number of carbonyl (C=O) groups is 3. The average molecular weight is 476 g/mol. The maximum absolute atomic E-state index is 13.3. The summed E-state index contributed by atoms with van der Waals surface area (Å²) in [5.74, 6) is 0.469. The molecule has 0 aromatic heterocycles. The number of anilines is 3. The summed E-state index contributed by atoms with van der Waals surface area (Å²) in [6.07, 6.45) is -0.236. The first-order chi connectivity index (χ1) is 17.0. The molecule has 0 aliphatic carbocycles. The van der Waals surface area contributed by atoms with Gasteiger partial charge >= 0.3 is 0 Å². The molecule has 4 rings (SSSR count). The molecule has 0 spiro atoms. The number of para-hydroxylation sites is 2. The van der Waals surface area contributed by atoms with E-state index in [2.05, 4.69) is 10.6 Å². The molecular weight excluding hydrogens is 450 g/mol. The molecule has 0 saturated carbocycles. The van der Waals surface area contributed by atoms with Gasteiger partial charge in [-0.3, -0.25) is 19.3 Å². The topological polar surface area (TPSA) is 106 Å². The first kappa shape index (κ1) is 23.6. The van der Waals surface area contributed by atoms with E-state index in [9.17, 15) is 14.4 Å². The second-order valence-electron chi connectivity index (χ2n) is 7.73. The summed E-state index contributed by atoms with van der Waals surface area (Å²) in [6, 6.07) is 19.5. The fraction of sp³-hybridized carbons (Fsp3) is 0.192. The van der Waals surface area contributed by atoms with E-state index in [1.54, 1.807) is 87.0 Å². The van der Waals surface area contributed by atoms with Crippen LogP contribution in [0.2, 0.25) is 0 Å². The van der Waals surface area contributed by atoms with Gasteiger partial charge in [0.05, 0.1) is 32.0 Å². The van der Waals surface area contributed by atoms with Crippen molar-refractivity contribution in [3.63, 3.8) is 0 Å². The highest BCUT2D eigenvalue weighted by Gasteiger charge is 2.38. The van der Waals surface area contributed by atoms with E-state index in [1.165, 1.54) is 4.90 Å². The predicted molar refractivity (Wildman–Crippen MR) is 131 cm³/mol. The molecule has 1 atom stereocenters. The van der Waals surface area contributed by atoms with Crippen molar-refractivity contribution in [2.45, 2.75) is 12.5 Å². The fourth-order valence-electron chi connectivity index (χ4n) is 3.73. The molecule has 0 fully saturated rings. The van der Waals surface area contributed by atoms with Crippen LogP contribution in [0, 0.1) is 0 Å². The van der Waals surface area contributed by atoms with E-state index >= 15 is 0 Å². The van der Waals surface area contributed by atoms with E-state index in [-0.39, 0.29) is 13.0 Å². The number of nitrogens with zero attached hydrogens (tertiary/aromatic N) is 1. The molecule has 9 heteroatoms. The smallest absolute Gasteiger partial charge is 0.265 e. The Balaban J connectivity index is 1.51. The van der Waals surface area contributed by atoms with Crippen molar-refractivity contribution in [1.82, 2.24) is 0 Å². The molecule has 35 heavy (non-hydrogen) atoms. The minimum Gasteiger partial charge on any atom is -0.497 e. The molecule has 1 aliphatic heterocycles. The molecule has 2 N–H and O–H groups in total. The Morgan fingerprint density at radius 1 is 0.886 bits per heavy atom. The predicted octanol–water partition coefficient (Wildman–Crippen LogP) is 3.47. The van der Waals surface area contributed by atoms with Gasteiger partial charge in [-0.15, -0.1) is 0 Å². The first-order valence-electron chi connectivity index (χ1n) is 10.9. The molecule has 9 nitrogen and oxygen atoms in total. The van der Waals surface area contributed by atoms with Crippen LogP contribution in [0.5, 0.6) is 17.2 Å². The number of nitrogens with one attached hydrogen (secondary N) is 2. The van der Waals surface area contributed by atoms with E-state index in [1.807, 2.05) is 0 Å². The molecule has 0 unspecified atom stereocenters. The van der Waals surface area contributed by atoms with Gasteiger partial charge < -0.3 is 24.8 Å². The van der Waals surface area contributed by atoms with Crippen molar-refractivity contribution >= 4 is 34.8 Å². The standard InChI is InChI=1S/C26H25N3O6/c1-33-18-9-7-17(8-10-18)27-24(30)15-23-26(32)28-21-5-3-4-6-22(21)29(23)25(31)16-35-20-13-11-19(34-2)12-14-20/h3-14,23H,15-16H2,1-2H3,(H,27,30)(H,28,32)/t23-/m1/s1. The lowest BCUT2D eigenvalue weighted by Gasteiger charge is -2.36. The lowest BCUT2D eigenvalue weighted by atomic mass is 10.0. The zero-order valence-electron chi connectivity index (χ0n) is 19.3. The Labute approximate surface area is 202 Å². The van der Waals surface area contributed by atoms with Crippen LogP contribution in [0.1, 0.15) is 6.42 Å². The summed E-state index contributed by atoms with van der Waals surface area (Å²) >= 11 is 0. The van der Waals surface area contributed by atoms with Crippen molar-refractivity contribution in [3.05, 3.63) is 72.8 Å². The molecule has 1 heterocycles. The van der Waals surface area contributed by atoms with Crippen molar-refractivity contribution in [3.8, 4) is 17.2 Å². The third-order valence-corrected chi connectivity index (χ3v) is 5.48. The molecule has 0 radical (unpaired) electrons. The van der Waals surface area contributed by atoms with Crippen LogP contribution in [0.15, 0.2) is 72.8 Å². The molecule has 1 aliphatic rings. The fourth-order valence-corrected chi connectivity index (χ4v) is 3.73. The number of benzene rings is 3. The number of fused-ring (bicyclic) bond motifs is 1. The van der Waals surface area contributed by atoms with Gasteiger partial charge in [-0.1, -0.05) is 12.1 Å². The highest BCUT2D eigenvalue weighted by molar-refractivity contribution is 6.14. The Morgan fingerprint density at radius 3 is 2.14 bits per heavy atom. The largest absolute Gasteiger partial charge is 0.497 e. The van der Waals surface area contributed by atoms with Crippen LogP contribution in [-0.2, 0) is 14.4 Å². The highest BCUT2D eigenvalue weighted by Crippen LogP contribution is 2.33. The molecular formula is C26H25N3O6. The van der Waals surface area contributed by atoms with E-state index in [4.69, 9.17) is 14.2 Å². The van der Waals surface area contributed by atoms with Gasteiger partial charge in [0, 0.05) is 5.69 Å². The number of methoxy groups -OCH3 is 2. The van der Waals surface area contributed by atoms with Crippen molar-refractivity contribution < 1.29 is 28.6 Å². The third-order valence-electron chi connectivity index (χ3n) is 5.48. The van der Waals surface area contributed by atoms with Gasteiger partial charge in [0.25, 0.3) is 5.91 Å². The summed E-state index contributed by atoms with van der Waals surface area (Å²) in [5, 5.41) is 5.54. The lowest BCUT2D eigenvalue weighted by Crippen LogP contribution is -2.53. The minimum atomic E-state index is -1.05. The molecule has 3 aromatic carbocycles. The summed E-state index contributed by atoms with van der Waals surface area (Å²) in [5.41, 5.74) is 1.54. The quantitative estimate of drug-likeness (QED) is 0.517.